The van der Waals surface area contributed by atoms with E-state index in [1.54, 1.807) is 12.1 Å². The van der Waals surface area contributed by atoms with Crippen molar-refractivity contribution in [2.75, 3.05) is 0 Å². The molecule has 0 saturated heterocycles. The topological polar surface area (TPSA) is 18.5 Å². The van der Waals surface area contributed by atoms with E-state index in [2.05, 4.69) is 27.3 Å². The Morgan fingerprint density at radius 2 is 1.89 bits per heavy atom. The molecule has 0 bridgehead atoms. The lowest BCUT2D eigenvalue weighted by Gasteiger charge is -2.35. The zero-order valence-electron chi connectivity index (χ0n) is 9.01. The first-order chi connectivity index (χ1) is 8.33. The third-order valence-corrected chi connectivity index (χ3v) is 3.51. The summed E-state index contributed by atoms with van der Waals surface area (Å²) in [5.41, 5.74) is 0. The van der Waals surface area contributed by atoms with Gasteiger partial charge in [-0.2, -0.15) is 0 Å². The molecule has 2 rings (SSSR count). The quantitative estimate of drug-likeness (QED) is 0.711. The second-order valence-corrected chi connectivity index (χ2v) is 5.62. The van der Waals surface area contributed by atoms with Gasteiger partial charge in [0.1, 0.15) is 11.9 Å². The predicted octanol–water partition coefficient (Wildman–Crippen LogP) is 4.39. The minimum absolute atomic E-state index is 0.224. The van der Waals surface area contributed by atoms with E-state index in [0.717, 1.165) is 3.57 Å². The third kappa shape index (κ3) is 3.89. The van der Waals surface area contributed by atoms with Crippen molar-refractivity contribution in [1.29, 1.82) is 0 Å². The molecule has 0 heterocycles. The Hall–Kier alpha value is -0.210. The highest BCUT2D eigenvalue weighted by atomic mass is 127. The molecule has 0 amide bonds. The summed E-state index contributed by atoms with van der Waals surface area (Å²) in [5.74, 6) is 0.493. The van der Waals surface area contributed by atoms with Crippen molar-refractivity contribution in [3.8, 4) is 5.75 Å². The summed E-state index contributed by atoms with van der Waals surface area (Å²) in [4.78, 5) is 0. The maximum atomic E-state index is 11.9. The van der Waals surface area contributed by atoms with Crippen LogP contribution in [0, 0.1) is 3.57 Å². The second kappa shape index (κ2) is 5.42. The maximum absolute atomic E-state index is 11.9. The number of benzene rings is 1. The maximum Gasteiger partial charge on any atom is 0.522 e. The number of hydrogen-bond acceptors (Lipinski definition) is 2. The van der Waals surface area contributed by atoms with Crippen LogP contribution in [0.4, 0.5) is 13.2 Å². The zero-order chi connectivity index (χ0) is 13.3. The van der Waals surface area contributed by atoms with Crippen LogP contribution in [0.1, 0.15) is 12.8 Å². The van der Waals surface area contributed by atoms with Gasteiger partial charge in [-0.25, -0.2) is 0 Å². The van der Waals surface area contributed by atoms with Crippen LogP contribution in [0.2, 0.25) is 5.02 Å². The van der Waals surface area contributed by atoms with Crippen LogP contribution in [0.5, 0.6) is 5.75 Å². The minimum Gasteiger partial charge on any atom is -0.489 e. The summed E-state index contributed by atoms with van der Waals surface area (Å²) in [6, 6.07) is 5.27. The molecule has 1 aliphatic rings. The van der Waals surface area contributed by atoms with Gasteiger partial charge in [0.05, 0.1) is 11.1 Å². The molecule has 1 saturated carbocycles. The van der Waals surface area contributed by atoms with Crippen molar-refractivity contribution in [3.05, 3.63) is 26.8 Å². The van der Waals surface area contributed by atoms with Crippen molar-refractivity contribution in [2.24, 2.45) is 0 Å². The first-order valence-electron chi connectivity index (χ1n) is 5.20. The summed E-state index contributed by atoms with van der Waals surface area (Å²) >= 11 is 8.07. The SMILES string of the molecule is FC(F)(F)OC1CC(Oc2ccc(I)cc2Cl)C1. The van der Waals surface area contributed by atoms with Crippen LogP contribution >= 0.6 is 34.2 Å². The van der Waals surface area contributed by atoms with Gasteiger partial charge in [-0.3, -0.25) is 4.74 Å². The second-order valence-electron chi connectivity index (χ2n) is 3.97. The van der Waals surface area contributed by atoms with Crippen molar-refractivity contribution in [2.45, 2.75) is 31.4 Å². The minimum atomic E-state index is -4.57. The Bertz CT molecular complexity index is 433. The lowest BCUT2D eigenvalue weighted by atomic mass is 9.92. The number of alkyl halides is 3. The van der Waals surface area contributed by atoms with Gasteiger partial charge in [0.25, 0.3) is 0 Å². The number of ether oxygens (including phenoxy) is 2. The summed E-state index contributed by atoms with van der Waals surface area (Å²) in [6.45, 7) is 0. The fourth-order valence-electron chi connectivity index (χ4n) is 1.65. The summed E-state index contributed by atoms with van der Waals surface area (Å²) in [7, 11) is 0. The van der Waals surface area contributed by atoms with E-state index >= 15 is 0 Å². The fraction of sp³-hybridized carbons (Fsp3) is 0.455. The molecule has 2 nitrogen and oxygen atoms in total. The molecule has 0 radical (unpaired) electrons. The van der Waals surface area contributed by atoms with E-state index in [1.165, 1.54) is 0 Å². The normalized spacial score (nSPS) is 23.6. The molecular formula is C11H9ClF3IO2. The highest BCUT2D eigenvalue weighted by Gasteiger charge is 2.41. The van der Waals surface area contributed by atoms with E-state index in [1.807, 2.05) is 6.07 Å². The molecule has 1 aromatic rings. The van der Waals surface area contributed by atoms with Crippen LogP contribution in [-0.2, 0) is 4.74 Å². The Morgan fingerprint density at radius 1 is 1.22 bits per heavy atom. The van der Waals surface area contributed by atoms with Crippen molar-refractivity contribution >= 4 is 34.2 Å². The molecule has 7 heteroatoms. The highest BCUT2D eigenvalue weighted by molar-refractivity contribution is 14.1. The van der Waals surface area contributed by atoms with Gasteiger partial charge in [-0.1, -0.05) is 11.6 Å². The van der Waals surface area contributed by atoms with Gasteiger partial charge in [-0.15, -0.1) is 13.2 Å². The van der Waals surface area contributed by atoms with Crippen LogP contribution in [0.3, 0.4) is 0 Å². The van der Waals surface area contributed by atoms with Crippen LogP contribution in [-0.4, -0.2) is 18.6 Å². The average molecular weight is 393 g/mol. The Labute approximate surface area is 121 Å². The largest absolute Gasteiger partial charge is 0.522 e. The smallest absolute Gasteiger partial charge is 0.489 e. The molecule has 100 valence electrons. The van der Waals surface area contributed by atoms with Gasteiger partial charge in [-0.05, 0) is 40.8 Å². The van der Waals surface area contributed by atoms with E-state index < -0.39 is 12.5 Å². The molecule has 0 atom stereocenters. The van der Waals surface area contributed by atoms with Crippen LogP contribution in [0.25, 0.3) is 0 Å². The molecule has 0 aliphatic heterocycles. The van der Waals surface area contributed by atoms with Crippen LogP contribution in [0.15, 0.2) is 18.2 Å². The lowest BCUT2D eigenvalue weighted by molar-refractivity contribution is -0.355. The van der Waals surface area contributed by atoms with E-state index in [0.29, 0.717) is 10.8 Å². The summed E-state index contributed by atoms with van der Waals surface area (Å²) in [5, 5.41) is 0.460. The van der Waals surface area contributed by atoms with Crippen LogP contribution < -0.4 is 4.74 Å². The fourth-order valence-corrected chi connectivity index (χ4v) is 2.55. The average Bonchev–Trinajstić information content (AvgIpc) is 2.16. The molecule has 1 aromatic carbocycles. The van der Waals surface area contributed by atoms with E-state index in [4.69, 9.17) is 16.3 Å². The van der Waals surface area contributed by atoms with Gasteiger partial charge in [0, 0.05) is 16.4 Å². The van der Waals surface area contributed by atoms with Gasteiger partial charge < -0.3 is 4.74 Å². The molecule has 0 aromatic heterocycles. The standard InChI is InChI=1S/C11H9ClF3IO2/c12-9-3-6(16)1-2-10(9)17-7-4-8(5-7)18-11(13,14)15/h1-3,7-8H,4-5H2. The summed E-state index contributed by atoms with van der Waals surface area (Å²) in [6.07, 6.45) is -5.20. The molecule has 18 heavy (non-hydrogen) atoms. The molecular weight excluding hydrogens is 383 g/mol. The molecule has 0 spiro atoms. The Balaban J connectivity index is 1.83. The van der Waals surface area contributed by atoms with E-state index in [-0.39, 0.29) is 18.9 Å². The molecule has 1 fully saturated rings. The first kappa shape index (κ1) is 14.2. The highest BCUT2D eigenvalue weighted by Crippen LogP contribution is 2.35. The van der Waals surface area contributed by atoms with E-state index in [9.17, 15) is 13.2 Å². The van der Waals surface area contributed by atoms with Crippen molar-refractivity contribution in [3.63, 3.8) is 0 Å². The third-order valence-electron chi connectivity index (χ3n) is 2.54. The van der Waals surface area contributed by atoms with Gasteiger partial charge in [0.2, 0.25) is 0 Å². The molecule has 0 N–H and O–H groups in total. The monoisotopic (exact) mass is 392 g/mol. The van der Waals surface area contributed by atoms with Crippen molar-refractivity contribution < 1.29 is 22.6 Å². The van der Waals surface area contributed by atoms with Gasteiger partial charge in [0.15, 0.2) is 0 Å². The Kier molecular flexibility index (Phi) is 4.28. The predicted molar refractivity (Wildman–Crippen MR) is 68.7 cm³/mol. The number of halogens is 5. The zero-order valence-corrected chi connectivity index (χ0v) is 11.9. The first-order valence-corrected chi connectivity index (χ1v) is 6.65. The molecule has 0 unspecified atom stereocenters. The van der Waals surface area contributed by atoms with Gasteiger partial charge >= 0.3 is 6.36 Å². The number of rotatable bonds is 3. The van der Waals surface area contributed by atoms with Crippen molar-refractivity contribution in [1.82, 2.24) is 0 Å². The Morgan fingerprint density at radius 3 is 2.44 bits per heavy atom. The summed E-state index contributed by atoms with van der Waals surface area (Å²) < 4.78 is 46.1. The molecule has 1 aliphatic carbocycles. The number of hydrogen-bond donors (Lipinski definition) is 0. The lowest BCUT2D eigenvalue weighted by Crippen LogP contribution is -2.42.